The van der Waals surface area contributed by atoms with E-state index in [1.54, 1.807) is 48.7 Å². The molecule has 0 unspecified atom stereocenters. The summed E-state index contributed by atoms with van der Waals surface area (Å²) < 4.78 is 0. The Balaban J connectivity index is 1.22. The molecule has 6 rings (SSSR count). The summed E-state index contributed by atoms with van der Waals surface area (Å²) in [5, 5.41) is 9.34. The molecule has 0 aliphatic rings. The number of rotatable bonds is 11. The number of hydrogen-bond acceptors (Lipinski definition) is 4. The van der Waals surface area contributed by atoms with Crippen LogP contribution in [-0.2, 0) is 16.0 Å². The first-order valence-electron chi connectivity index (χ1n) is 16.1. The number of benzene rings is 5. The zero-order valence-electron chi connectivity index (χ0n) is 27.2. The van der Waals surface area contributed by atoms with Crippen molar-refractivity contribution in [2.45, 2.75) is 30.4 Å². The molecule has 0 bridgehead atoms. The highest BCUT2D eigenvalue weighted by molar-refractivity contribution is 8.00. The molecule has 5 aromatic carbocycles. The molecule has 1 atom stereocenters. The summed E-state index contributed by atoms with van der Waals surface area (Å²) in [6, 6.07) is 39.6. The minimum Gasteiger partial charge on any atom is -0.361 e. The lowest BCUT2D eigenvalue weighted by Gasteiger charge is -2.20. The maximum Gasteiger partial charge on any atom is 0.272 e. The first kappa shape index (κ1) is 33.1. The van der Waals surface area contributed by atoms with Crippen LogP contribution in [0, 0.1) is 6.92 Å². The van der Waals surface area contributed by atoms with E-state index in [0.29, 0.717) is 11.3 Å². The van der Waals surface area contributed by atoms with Crippen LogP contribution in [0.15, 0.2) is 144 Å². The number of para-hydroxylation sites is 2. The van der Waals surface area contributed by atoms with Crippen LogP contribution in [0.5, 0.6) is 0 Å². The van der Waals surface area contributed by atoms with Gasteiger partial charge in [-0.3, -0.25) is 14.4 Å². The first-order valence-corrected chi connectivity index (χ1v) is 16.9. The van der Waals surface area contributed by atoms with Crippen molar-refractivity contribution in [3.63, 3.8) is 0 Å². The van der Waals surface area contributed by atoms with Crippen LogP contribution < -0.4 is 16.0 Å². The van der Waals surface area contributed by atoms with Crippen LogP contribution in [0.1, 0.15) is 44.8 Å². The van der Waals surface area contributed by atoms with Crippen molar-refractivity contribution in [1.82, 2.24) is 10.3 Å². The number of aromatic nitrogens is 1. The van der Waals surface area contributed by atoms with Crippen molar-refractivity contribution in [1.29, 1.82) is 0 Å². The first-order chi connectivity index (χ1) is 23.9. The fourth-order valence-electron chi connectivity index (χ4n) is 5.55. The summed E-state index contributed by atoms with van der Waals surface area (Å²) in [5.41, 5.74) is 6.60. The van der Waals surface area contributed by atoms with Crippen molar-refractivity contribution in [3.05, 3.63) is 167 Å². The number of nitrogens with one attached hydrogen (secondary N) is 4. The van der Waals surface area contributed by atoms with Crippen LogP contribution in [0.3, 0.4) is 0 Å². The van der Waals surface area contributed by atoms with E-state index in [-0.39, 0.29) is 11.6 Å². The zero-order chi connectivity index (χ0) is 34.2. The van der Waals surface area contributed by atoms with Crippen LogP contribution in [0.4, 0.5) is 11.4 Å². The Hall–Kier alpha value is -5.86. The lowest BCUT2D eigenvalue weighted by Crippen LogP contribution is -2.30. The molecular formula is C41H36N4O3S. The van der Waals surface area contributed by atoms with Crippen molar-refractivity contribution in [2.75, 3.05) is 10.6 Å². The molecule has 3 amide bonds. The molecule has 0 radical (unpaired) electrons. The van der Waals surface area contributed by atoms with Crippen molar-refractivity contribution < 1.29 is 14.4 Å². The highest BCUT2D eigenvalue weighted by Crippen LogP contribution is 2.37. The van der Waals surface area contributed by atoms with Gasteiger partial charge in [-0.2, -0.15) is 0 Å². The molecule has 7 nitrogen and oxygen atoms in total. The molecule has 0 spiro atoms. The average Bonchev–Trinajstić information content (AvgIpc) is 3.55. The number of aryl methyl sites for hydroxylation is 2. The molecule has 0 saturated carbocycles. The molecular weight excluding hydrogens is 629 g/mol. The number of aromatic amines is 1. The Morgan fingerprint density at radius 3 is 2.20 bits per heavy atom. The Morgan fingerprint density at radius 2 is 1.47 bits per heavy atom. The normalized spacial score (nSPS) is 11.9. The Labute approximate surface area is 289 Å². The van der Waals surface area contributed by atoms with Crippen molar-refractivity contribution in [3.8, 4) is 0 Å². The fraction of sp³-hybridized carbons (Fsp3) is 0.0976. The van der Waals surface area contributed by atoms with Gasteiger partial charge in [-0.1, -0.05) is 91.9 Å². The molecule has 0 saturated heterocycles. The van der Waals surface area contributed by atoms with Gasteiger partial charge >= 0.3 is 0 Å². The highest BCUT2D eigenvalue weighted by atomic mass is 32.2. The summed E-state index contributed by atoms with van der Waals surface area (Å²) >= 11 is 1.44. The molecule has 1 aromatic heterocycles. The third kappa shape index (κ3) is 8.00. The van der Waals surface area contributed by atoms with Gasteiger partial charge in [-0.25, -0.2) is 0 Å². The van der Waals surface area contributed by atoms with E-state index in [1.807, 2.05) is 97.9 Å². The number of anilines is 2. The Morgan fingerprint density at radius 1 is 0.776 bits per heavy atom. The maximum absolute atomic E-state index is 13.8. The number of carbonyl (C=O) groups is 3. The predicted octanol–water partition coefficient (Wildman–Crippen LogP) is 8.92. The smallest absolute Gasteiger partial charge is 0.272 e. The topological polar surface area (TPSA) is 103 Å². The van der Waals surface area contributed by atoms with Gasteiger partial charge < -0.3 is 20.9 Å². The lowest BCUT2D eigenvalue weighted by atomic mass is 10.1. The molecule has 4 N–H and O–H groups in total. The molecule has 8 heteroatoms. The summed E-state index contributed by atoms with van der Waals surface area (Å²) in [4.78, 5) is 44.7. The number of carbonyl (C=O) groups excluding carboxylic acids is 3. The molecule has 49 heavy (non-hydrogen) atoms. The summed E-state index contributed by atoms with van der Waals surface area (Å²) in [5.74, 6) is -0.976. The average molecular weight is 665 g/mol. The van der Waals surface area contributed by atoms with Gasteiger partial charge in [-0.05, 0) is 78.6 Å². The standard InChI is InChI=1S/C41H36N4O3S/c1-3-28-18-12-13-27(2)37(28)45-41(48)38(29-14-6-4-7-15-29)49-33-23-21-32(22-24-33)43-40(47)36(44-39(46)30-16-8-5-9-17-30)25-31-26-42-35-20-11-10-19-34(31)35/h4-26,38,42H,3H2,1-2H3,(H,43,47)(H,44,46)(H,45,48)/b36-25-/t38-/m1/s1. The quantitative estimate of drug-likeness (QED) is 0.0820. The summed E-state index contributed by atoms with van der Waals surface area (Å²) in [7, 11) is 0. The maximum atomic E-state index is 13.8. The number of amides is 3. The van der Waals surface area contributed by atoms with Crippen LogP contribution in [0.25, 0.3) is 17.0 Å². The molecule has 244 valence electrons. The predicted molar refractivity (Wildman–Crippen MR) is 199 cm³/mol. The van der Waals surface area contributed by atoms with E-state index in [2.05, 4.69) is 27.9 Å². The number of fused-ring (bicyclic) bond motifs is 1. The SMILES string of the molecule is CCc1cccc(C)c1NC(=O)[C@H](Sc1ccc(NC(=O)/C(=C/c2c[nH]c3ccccc23)NC(=O)c2ccccc2)cc1)c1ccccc1. The zero-order valence-corrected chi connectivity index (χ0v) is 28.0. The van der Waals surface area contributed by atoms with E-state index in [9.17, 15) is 14.4 Å². The largest absolute Gasteiger partial charge is 0.361 e. The Bertz CT molecular complexity index is 2120. The minimum atomic E-state index is -0.509. The minimum absolute atomic E-state index is 0.0977. The number of hydrogen-bond donors (Lipinski definition) is 4. The van der Waals surface area contributed by atoms with Crippen LogP contribution in [-0.4, -0.2) is 22.7 Å². The van der Waals surface area contributed by atoms with E-state index in [1.165, 1.54) is 11.8 Å². The lowest BCUT2D eigenvalue weighted by molar-refractivity contribution is -0.116. The fourth-order valence-corrected chi connectivity index (χ4v) is 6.58. The van der Waals surface area contributed by atoms with Gasteiger partial charge in [0.25, 0.3) is 11.8 Å². The second-order valence-corrected chi connectivity index (χ2v) is 12.7. The molecule has 6 aromatic rings. The third-order valence-electron chi connectivity index (χ3n) is 8.14. The number of H-pyrrole nitrogens is 1. The van der Waals surface area contributed by atoms with Crippen molar-refractivity contribution >= 4 is 57.8 Å². The summed E-state index contributed by atoms with van der Waals surface area (Å²) in [6.07, 6.45) is 4.28. The van der Waals surface area contributed by atoms with Crippen LogP contribution >= 0.6 is 11.8 Å². The molecule has 1 heterocycles. The third-order valence-corrected chi connectivity index (χ3v) is 9.41. The van der Waals surface area contributed by atoms with Gasteiger partial charge in [0, 0.05) is 44.5 Å². The van der Waals surface area contributed by atoms with Crippen LogP contribution in [0.2, 0.25) is 0 Å². The molecule has 0 aliphatic heterocycles. The van der Waals surface area contributed by atoms with E-state index in [0.717, 1.165) is 50.2 Å². The highest BCUT2D eigenvalue weighted by Gasteiger charge is 2.24. The summed E-state index contributed by atoms with van der Waals surface area (Å²) in [6.45, 7) is 4.08. The van der Waals surface area contributed by atoms with Crippen molar-refractivity contribution in [2.24, 2.45) is 0 Å². The van der Waals surface area contributed by atoms with E-state index >= 15 is 0 Å². The monoisotopic (exact) mass is 664 g/mol. The number of thioether (sulfide) groups is 1. The molecule has 0 fully saturated rings. The van der Waals surface area contributed by atoms with Gasteiger partial charge in [0.15, 0.2) is 0 Å². The van der Waals surface area contributed by atoms with E-state index < -0.39 is 17.1 Å². The van der Waals surface area contributed by atoms with E-state index in [4.69, 9.17) is 0 Å². The second-order valence-electron chi connectivity index (χ2n) is 11.5. The molecule has 0 aliphatic carbocycles. The van der Waals surface area contributed by atoms with Gasteiger partial charge in [-0.15, -0.1) is 11.8 Å². The second kappa shape index (κ2) is 15.4. The van der Waals surface area contributed by atoms with Gasteiger partial charge in [0.05, 0.1) is 0 Å². The van der Waals surface area contributed by atoms with Gasteiger partial charge in [0.2, 0.25) is 5.91 Å². The van der Waals surface area contributed by atoms with Gasteiger partial charge in [0.1, 0.15) is 10.9 Å². The Kier molecular flexibility index (Phi) is 10.4.